The summed E-state index contributed by atoms with van der Waals surface area (Å²) >= 11 is 0. The number of carbonyl (C=O) groups excluding carboxylic acids is 1. The third-order valence-corrected chi connectivity index (χ3v) is 2.48. The minimum atomic E-state index is -1.30. The molecule has 1 aliphatic heterocycles. The quantitative estimate of drug-likeness (QED) is 0.536. The Labute approximate surface area is 99.5 Å². The third-order valence-electron chi connectivity index (χ3n) is 2.48. The fourth-order valence-corrected chi connectivity index (χ4v) is 1.56. The van der Waals surface area contributed by atoms with Gasteiger partial charge in [0.25, 0.3) is 0 Å². The largest absolute Gasteiger partial charge is 0.478 e. The van der Waals surface area contributed by atoms with Gasteiger partial charge in [-0.05, 0) is 18.9 Å². The van der Waals surface area contributed by atoms with Crippen molar-refractivity contribution in [1.82, 2.24) is 4.90 Å². The molecule has 6 heteroatoms. The first kappa shape index (κ1) is 13.7. The van der Waals surface area contributed by atoms with Crippen molar-refractivity contribution in [2.45, 2.75) is 32.0 Å². The van der Waals surface area contributed by atoms with Gasteiger partial charge in [0, 0.05) is 19.0 Å². The smallest absolute Gasteiger partial charge is 0.328 e. The van der Waals surface area contributed by atoms with Crippen molar-refractivity contribution in [3.8, 4) is 0 Å². The van der Waals surface area contributed by atoms with Crippen molar-refractivity contribution >= 4 is 11.9 Å². The third kappa shape index (κ3) is 5.46. The van der Waals surface area contributed by atoms with Crippen LogP contribution in [0.2, 0.25) is 0 Å². The molecule has 0 aromatic heterocycles. The Morgan fingerprint density at radius 2 is 2.24 bits per heavy atom. The fourth-order valence-electron chi connectivity index (χ4n) is 1.56. The lowest BCUT2D eigenvalue weighted by Crippen LogP contribution is -2.34. The second kappa shape index (κ2) is 7.03. The maximum absolute atomic E-state index is 11.5. The van der Waals surface area contributed by atoms with Crippen LogP contribution in [-0.2, 0) is 14.3 Å². The van der Waals surface area contributed by atoms with E-state index in [1.807, 2.05) is 0 Å². The number of ether oxygens (including phenoxy) is 1. The Hall–Kier alpha value is -1.40. The molecule has 0 aliphatic carbocycles. The van der Waals surface area contributed by atoms with E-state index in [1.165, 1.54) is 4.90 Å². The number of likely N-dealkylation sites (tertiary alicyclic amines) is 1. The van der Waals surface area contributed by atoms with Crippen molar-refractivity contribution in [3.05, 3.63) is 12.2 Å². The minimum absolute atomic E-state index is 0.00996. The Balaban J connectivity index is 2.33. The maximum atomic E-state index is 11.5. The summed E-state index contributed by atoms with van der Waals surface area (Å²) in [6.07, 6.45) is 3.85. The van der Waals surface area contributed by atoms with Crippen molar-refractivity contribution in [2.24, 2.45) is 0 Å². The molecule has 2 N–H and O–H groups in total. The van der Waals surface area contributed by atoms with Crippen molar-refractivity contribution < 1.29 is 24.5 Å². The minimum Gasteiger partial charge on any atom is -0.478 e. The van der Waals surface area contributed by atoms with Crippen LogP contribution >= 0.6 is 0 Å². The number of nitrogens with zero attached hydrogens (tertiary/aromatic N) is 1. The molecule has 0 aromatic carbocycles. The van der Waals surface area contributed by atoms with E-state index in [4.69, 9.17) is 9.84 Å². The van der Waals surface area contributed by atoms with Gasteiger partial charge in [0.2, 0.25) is 5.91 Å². The predicted molar refractivity (Wildman–Crippen MR) is 58.9 cm³/mol. The lowest BCUT2D eigenvalue weighted by Gasteiger charge is -2.21. The number of rotatable bonds is 5. The predicted octanol–water partition coefficient (Wildman–Crippen LogP) is 0.322. The van der Waals surface area contributed by atoms with Crippen LogP contribution in [0.1, 0.15) is 25.7 Å². The van der Waals surface area contributed by atoms with E-state index in [-0.39, 0.29) is 12.6 Å². The summed E-state index contributed by atoms with van der Waals surface area (Å²) in [7, 11) is 0. The van der Waals surface area contributed by atoms with Gasteiger partial charge in [-0.25, -0.2) is 4.79 Å². The summed E-state index contributed by atoms with van der Waals surface area (Å²) < 4.78 is 4.97. The zero-order chi connectivity index (χ0) is 12.7. The molecule has 6 nitrogen and oxygen atoms in total. The topological polar surface area (TPSA) is 87.1 Å². The Morgan fingerprint density at radius 1 is 1.47 bits per heavy atom. The van der Waals surface area contributed by atoms with Crippen LogP contribution in [0, 0.1) is 0 Å². The number of hydrogen-bond acceptors (Lipinski definition) is 4. The van der Waals surface area contributed by atoms with E-state index < -0.39 is 12.3 Å². The van der Waals surface area contributed by atoms with Gasteiger partial charge in [0.05, 0.1) is 0 Å². The van der Waals surface area contributed by atoms with E-state index in [0.717, 1.165) is 31.4 Å². The molecule has 1 fully saturated rings. The second-order valence-corrected chi connectivity index (χ2v) is 3.85. The van der Waals surface area contributed by atoms with E-state index in [2.05, 4.69) is 0 Å². The summed E-state index contributed by atoms with van der Waals surface area (Å²) in [6, 6.07) is 0. The van der Waals surface area contributed by atoms with Gasteiger partial charge in [-0.3, -0.25) is 4.79 Å². The van der Waals surface area contributed by atoms with Gasteiger partial charge in [-0.15, -0.1) is 0 Å². The molecule has 0 aromatic rings. The lowest BCUT2D eigenvalue weighted by atomic mass is 10.2. The van der Waals surface area contributed by atoms with Crippen LogP contribution in [-0.4, -0.2) is 46.6 Å². The van der Waals surface area contributed by atoms with Crippen LogP contribution in [0.3, 0.4) is 0 Å². The van der Waals surface area contributed by atoms with E-state index in [0.29, 0.717) is 13.0 Å². The number of amides is 1. The molecule has 1 unspecified atom stereocenters. The van der Waals surface area contributed by atoms with Crippen LogP contribution in [0.5, 0.6) is 0 Å². The standard InChI is InChI=1S/C11H17NO5/c13-9-4-2-1-3-7-12(9)8-17-11(16)6-5-10(14)15/h5-6,11,16H,1-4,7-8H2,(H,14,15)/b6-5+. The summed E-state index contributed by atoms with van der Waals surface area (Å²) in [5.74, 6) is -1.14. The van der Waals surface area contributed by atoms with E-state index in [9.17, 15) is 14.7 Å². The van der Waals surface area contributed by atoms with Gasteiger partial charge in [0.15, 0.2) is 6.29 Å². The fraction of sp³-hybridized carbons (Fsp3) is 0.636. The molecule has 1 rings (SSSR count). The number of carboxylic acids is 1. The first-order chi connectivity index (χ1) is 8.09. The number of hydrogen-bond donors (Lipinski definition) is 2. The zero-order valence-corrected chi connectivity index (χ0v) is 9.54. The highest BCUT2D eigenvalue weighted by Crippen LogP contribution is 2.11. The molecule has 1 aliphatic rings. The maximum Gasteiger partial charge on any atom is 0.328 e. The molecular formula is C11H17NO5. The average molecular weight is 243 g/mol. The summed E-state index contributed by atoms with van der Waals surface area (Å²) in [5.41, 5.74) is 0. The second-order valence-electron chi connectivity index (χ2n) is 3.85. The highest BCUT2D eigenvalue weighted by Gasteiger charge is 2.17. The Morgan fingerprint density at radius 3 is 2.94 bits per heavy atom. The average Bonchev–Trinajstić information content (AvgIpc) is 2.48. The lowest BCUT2D eigenvalue weighted by molar-refractivity contribution is -0.146. The van der Waals surface area contributed by atoms with Crippen molar-refractivity contribution in [3.63, 3.8) is 0 Å². The molecule has 17 heavy (non-hydrogen) atoms. The summed E-state index contributed by atoms with van der Waals surface area (Å²) in [4.78, 5) is 23.3. The van der Waals surface area contributed by atoms with Gasteiger partial charge >= 0.3 is 5.97 Å². The molecule has 0 bridgehead atoms. The van der Waals surface area contributed by atoms with Gasteiger partial charge in [-0.1, -0.05) is 6.42 Å². The molecule has 0 saturated carbocycles. The van der Waals surface area contributed by atoms with E-state index in [1.54, 1.807) is 0 Å². The first-order valence-electron chi connectivity index (χ1n) is 5.58. The molecule has 0 spiro atoms. The van der Waals surface area contributed by atoms with Crippen LogP contribution in [0.4, 0.5) is 0 Å². The monoisotopic (exact) mass is 243 g/mol. The number of carboxylic acid groups (broad SMARTS) is 1. The van der Waals surface area contributed by atoms with Gasteiger partial charge in [0.1, 0.15) is 6.73 Å². The zero-order valence-electron chi connectivity index (χ0n) is 9.54. The van der Waals surface area contributed by atoms with Crippen molar-refractivity contribution in [1.29, 1.82) is 0 Å². The van der Waals surface area contributed by atoms with Gasteiger partial charge in [-0.2, -0.15) is 0 Å². The normalized spacial score (nSPS) is 19.4. The summed E-state index contributed by atoms with van der Waals surface area (Å²) in [5, 5.41) is 17.6. The number of aliphatic hydroxyl groups excluding tert-OH is 1. The number of aliphatic hydroxyl groups is 1. The molecule has 96 valence electrons. The Kier molecular flexibility index (Phi) is 5.65. The van der Waals surface area contributed by atoms with Crippen molar-refractivity contribution in [2.75, 3.05) is 13.3 Å². The molecule has 1 saturated heterocycles. The first-order valence-corrected chi connectivity index (χ1v) is 5.58. The molecular weight excluding hydrogens is 226 g/mol. The molecule has 1 amide bonds. The number of aliphatic carboxylic acids is 1. The van der Waals surface area contributed by atoms with E-state index >= 15 is 0 Å². The molecule has 1 atom stereocenters. The number of carbonyl (C=O) groups is 2. The van der Waals surface area contributed by atoms with Crippen LogP contribution in [0.15, 0.2) is 12.2 Å². The highest BCUT2D eigenvalue weighted by atomic mass is 16.6. The van der Waals surface area contributed by atoms with Crippen LogP contribution < -0.4 is 0 Å². The Bertz CT molecular complexity index is 302. The summed E-state index contributed by atoms with van der Waals surface area (Å²) in [6.45, 7) is 0.609. The highest BCUT2D eigenvalue weighted by molar-refractivity contribution is 5.79. The molecule has 1 heterocycles. The molecule has 0 radical (unpaired) electrons. The SMILES string of the molecule is O=C(O)/C=C/C(O)OCN1CCCCCC1=O. The van der Waals surface area contributed by atoms with Gasteiger partial charge < -0.3 is 19.8 Å². The van der Waals surface area contributed by atoms with Crippen LogP contribution in [0.25, 0.3) is 0 Å².